The van der Waals surface area contributed by atoms with Crippen LogP contribution >= 0.6 is 0 Å². The van der Waals surface area contributed by atoms with Crippen LogP contribution in [0.2, 0.25) is 0 Å². The van der Waals surface area contributed by atoms with Crippen molar-refractivity contribution in [2.75, 3.05) is 0 Å². The minimum absolute atomic E-state index is 0.155. The van der Waals surface area contributed by atoms with E-state index in [-0.39, 0.29) is 5.41 Å². The summed E-state index contributed by atoms with van der Waals surface area (Å²) >= 11 is 0. The number of benzene rings is 9. The second kappa shape index (κ2) is 12.1. The molecule has 0 spiro atoms. The third-order valence-electron chi connectivity index (χ3n) is 11.8. The third-order valence-corrected chi connectivity index (χ3v) is 11.8. The fourth-order valence-corrected chi connectivity index (χ4v) is 8.99. The van der Waals surface area contributed by atoms with Gasteiger partial charge < -0.3 is 0 Å². The van der Waals surface area contributed by atoms with Gasteiger partial charge in [0.1, 0.15) is 0 Å². The van der Waals surface area contributed by atoms with Crippen molar-refractivity contribution in [3.63, 3.8) is 0 Å². The van der Waals surface area contributed by atoms with E-state index in [0.717, 1.165) is 44.4 Å². The lowest BCUT2D eigenvalue weighted by Gasteiger charge is -2.22. The first kappa shape index (κ1) is 31.6. The maximum absolute atomic E-state index is 5.50. The van der Waals surface area contributed by atoms with Gasteiger partial charge in [0.15, 0.2) is 5.82 Å². The number of aromatic nitrogens is 2. The van der Waals surface area contributed by atoms with Gasteiger partial charge in [-0.15, -0.1) is 0 Å². The van der Waals surface area contributed by atoms with Gasteiger partial charge in [-0.25, -0.2) is 9.97 Å². The first-order valence-electron chi connectivity index (χ1n) is 19.1. The minimum atomic E-state index is -0.155. The Kier molecular flexibility index (Phi) is 6.93. The van der Waals surface area contributed by atoms with Gasteiger partial charge in [0, 0.05) is 22.1 Å². The van der Waals surface area contributed by atoms with Crippen molar-refractivity contribution >= 4 is 43.1 Å². The summed E-state index contributed by atoms with van der Waals surface area (Å²) in [6, 6.07) is 66.1. The van der Waals surface area contributed by atoms with Crippen molar-refractivity contribution in [2.24, 2.45) is 0 Å². The predicted octanol–water partition coefficient (Wildman–Crippen LogP) is 14.1. The lowest BCUT2D eigenvalue weighted by Crippen LogP contribution is -2.14. The van der Waals surface area contributed by atoms with Crippen LogP contribution in [0, 0.1) is 0 Å². The molecule has 11 rings (SSSR count). The normalized spacial score (nSPS) is 13.1. The number of hydrogen-bond acceptors (Lipinski definition) is 2. The Balaban J connectivity index is 1.21. The van der Waals surface area contributed by atoms with Gasteiger partial charge >= 0.3 is 0 Å². The zero-order valence-electron chi connectivity index (χ0n) is 30.7. The molecule has 0 aliphatic heterocycles. The summed E-state index contributed by atoms with van der Waals surface area (Å²) in [4.78, 5) is 11.0. The number of rotatable bonds is 4. The van der Waals surface area contributed by atoms with Crippen LogP contribution in [0.25, 0.3) is 99.2 Å². The number of nitrogens with zero attached hydrogens (tertiary/aromatic N) is 2. The van der Waals surface area contributed by atoms with Crippen LogP contribution in [-0.4, -0.2) is 9.97 Å². The van der Waals surface area contributed by atoms with E-state index in [0.29, 0.717) is 5.82 Å². The summed E-state index contributed by atoms with van der Waals surface area (Å²) in [6.45, 7) is 4.73. The molecule has 0 saturated carbocycles. The molecule has 1 aliphatic carbocycles. The molecule has 0 fully saturated rings. The van der Waals surface area contributed by atoms with Crippen molar-refractivity contribution in [2.45, 2.75) is 19.3 Å². The van der Waals surface area contributed by atoms with E-state index >= 15 is 0 Å². The highest BCUT2D eigenvalue weighted by atomic mass is 14.9. The molecule has 2 nitrogen and oxygen atoms in total. The summed E-state index contributed by atoms with van der Waals surface area (Å²) in [5, 5.41) is 9.61. The van der Waals surface area contributed by atoms with Crippen molar-refractivity contribution in [3.05, 3.63) is 193 Å². The summed E-state index contributed by atoms with van der Waals surface area (Å²) < 4.78 is 0. The molecule has 0 N–H and O–H groups in total. The predicted molar refractivity (Wildman–Crippen MR) is 231 cm³/mol. The maximum Gasteiger partial charge on any atom is 0.161 e. The Morgan fingerprint density at radius 1 is 0.345 bits per heavy atom. The lowest BCUT2D eigenvalue weighted by atomic mass is 9.81. The molecule has 1 aliphatic rings. The van der Waals surface area contributed by atoms with Crippen molar-refractivity contribution in [1.29, 1.82) is 0 Å². The second-order valence-corrected chi connectivity index (χ2v) is 15.4. The summed E-state index contributed by atoms with van der Waals surface area (Å²) in [6.07, 6.45) is 0. The zero-order valence-corrected chi connectivity index (χ0v) is 30.7. The van der Waals surface area contributed by atoms with Crippen LogP contribution in [0.3, 0.4) is 0 Å². The molecule has 9 aromatic carbocycles. The molecule has 1 aromatic heterocycles. The van der Waals surface area contributed by atoms with Crippen LogP contribution in [0.1, 0.15) is 25.0 Å². The smallest absolute Gasteiger partial charge is 0.161 e. The van der Waals surface area contributed by atoms with Gasteiger partial charge in [-0.2, -0.15) is 0 Å². The van der Waals surface area contributed by atoms with Gasteiger partial charge in [-0.05, 0) is 107 Å². The van der Waals surface area contributed by atoms with E-state index in [4.69, 9.17) is 9.97 Å². The fraction of sp³-hybridized carbons (Fsp3) is 0.0566. The molecule has 0 unspecified atom stereocenters. The monoisotopic (exact) mass is 700 g/mol. The van der Waals surface area contributed by atoms with Crippen LogP contribution in [0.15, 0.2) is 182 Å². The van der Waals surface area contributed by atoms with E-state index in [1.165, 1.54) is 60.1 Å². The Morgan fingerprint density at radius 2 is 0.855 bits per heavy atom. The van der Waals surface area contributed by atoms with Gasteiger partial charge in [0.2, 0.25) is 0 Å². The summed E-state index contributed by atoms with van der Waals surface area (Å²) in [5.41, 5.74) is 12.5. The Hall–Kier alpha value is -6.90. The fourth-order valence-electron chi connectivity index (χ4n) is 8.99. The second-order valence-electron chi connectivity index (χ2n) is 15.4. The Bertz CT molecular complexity index is 3090. The third kappa shape index (κ3) is 5.02. The SMILES string of the molecule is CC1(C)c2cc3ccccc3cc2-c2c(-c3ccc4ccccc4c3-c3nc(-c4ccc5ccccc5c4)cc(-c4ccc5ccccc5c4)n3)cccc21. The Labute approximate surface area is 320 Å². The van der Waals surface area contributed by atoms with Crippen molar-refractivity contribution < 1.29 is 0 Å². The Morgan fingerprint density at radius 3 is 1.49 bits per heavy atom. The lowest BCUT2D eigenvalue weighted by molar-refractivity contribution is 0.661. The molecule has 0 atom stereocenters. The highest BCUT2D eigenvalue weighted by Gasteiger charge is 2.37. The average molecular weight is 701 g/mol. The molecule has 2 heteroatoms. The zero-order chi connectivity index (χ0) is 36.7. The topological polar surface area (TPSA) is 25.8 Å². The highest BCUT2D eigenvalue weighted by molar-refractivity contribution is 6.07. The van der Waals surface area contributed by atoms with E-state index in [2.05, 4.69) is 196 Å². The van der Waals surface area contributed by atoms with Gasteiger partial charge in [-0.1, -0.05) is 166 Å². The van der Waals surface area contributed by atoms with Crippen LogP contribution in [-0.2, 0) is 5.41 Å². The molecule has 258 valence electrons. The molecule has 0 amide bonds. The van der Waals surface area contributed by atoms with Gasteiger partial charge in [0.25, 0.3) is 0 Å². The quantitative estimate of drug-likeness (QED) is 0.183. The molecule has 55 heavy (non-hydrogen) atoms. The van der Waals surface area contributed by atoms with E-state index in [1.807, 2.05) is 0 Å². The summed E-state index contributed by atoms with van der Waals surface area (Å²) in [7, 11) is 0. The minimum Gasteiger partial charge on any atom is -0.228 e. The first-order valence-corrected chi connectivity index (χ1v) is 19.1. The van der Waals surface area contributed by atoms with E-state index < -0.39 is 0 Å². The van der Waals surface area contributed by atoms with Crippen molar-refractivity contribution in [3.8, 4) is 56.2 Å². The largest absolute Gasteiger partial charge is 0.228 e. The van der Waals surface area contributed by atoms with Crippen LogP contribution < -0.4 is 0 Å². The van der Waals surface area contributed by atoms with Crippen molar-refractivity contribution in [1.82, 2.24) is 9.97 Å². The average Bonchev–Trinajstić information content (AvgIpc) is 3.46. The van der Waals surface area contributed by atoms with Crippen LogP contribution in [0.5, 0.6) is 0 Å². The highest BCUT2D eigenvalue weighted by Crippen LogP contribution is 2.54. The summed E-state index contributed by atoms with van der Waals surface area (Å²) in [5.74, 6) is 0.717. The van der Waals surface area contributed by atoms with E-state index in [1.54, 1.807) is 0 Å². The first-order chi connectivity index (χ1) is 27.0. The molecular weight excluding hydrogens is 665 g/mol. The number of hydrogen-bond donors (Lipinski definition) is 0. The maximum atomic E-state index is 5.50. The standard InChI is InChI=1S/C53H36N2/c1-53(2)46-21-11-20-43(50(46)45-30-38-17-7-8-18-39(38)31-47(45)53)44-27-26-35-14-9-10-19-42(35)51(44)52-54-48(40-24-22-33-12-3-5-15-36(33)28-40)32-49(55-52)41-25-23-34-13-4-6-16-37(34)29-41/h3-32H,1-2H3. The molecule has 0 radical (unpaired) electrons. The molecule has 10 aromatic rings. The van der Waals surface area contributed by atoms with Crippen LogP contribution in [0.4, 0.5) is 0 Å². The molecule has 0 bridgehead atoms. The molecular formula is C53H36N2. The van der Waals surface area contributed by atoms with Gasteiger partial charge in [0.05, 0.1) is 11.4 Å². The van der Waals surface area contributed by atoms with E-state index in [9.17, 15) is 0 Å². The number of fused-ring (bicyclic) bond motifs is 7. The molecule has 0 saturated heterocycles. The van der Waals surface area contributed by atoms with Gasteiger partial charge in [-0.3, -0.25) is 0 Å². The molecule has 1 heterocycles.